The average Bonchev–Trinajstić information content (AvgIpc) is 2.66. The van der Waals surface area contributed by atoms with Gasteiger partial charge in [0.15, 0.2) is 0 Å². The van der Waals surface area contributed by atoms with Gasteiger partial charge in [0.2, 0.25) is 0 Å². The Morgan fingerprint density at radius 3 is 2.78 bits per heavy atom. The number of nitro benzene ring substituents is 1. The molecule has 0 aromatic heterocycles. The predicted octanol–water partition coefficient (Wildman–Crippen LogP) is 2.86. The number of anilines is 1. The summed E-state index contributed by atoms with van der Waals surface area (Å²) in [5, 5.41) is 11.6. The fraction of sp³-hybridized carbons (Fsp3) is 0.579. The normalized spacial score (nSPS) is 16.7. The number of hydrogen-bond acceptors (Lipinski definition) is 6. The molecule has 1 aliphatic rings. The van der Waals surface area contributed by atoms with Crippen LogP contribution in [0.15, 0.2) is 18.2 Å². The van der Waals surface area contributed by atoms with Crippen molar-refractivity contribution in [3.63, 3.8) is 0 Å². The lowest BCUT2D eigenvalue weighted by molar-refractivity contribution is -0.384. The number of nitro groups is 1. The number of methoxy groups -OCH3 is 1. The third-order valence-corrected chi connectivity index (χ3v) is 4.87. The first kappa shape index (κ1) is 20.7. The molecule has 1 aromatic carbocycles. The van der Waals surface area contributed by atoms with Crippen LogP contribution in [0, 0.1) is 16.0 Å². The molecule has 0 aliphatic carbocycles. The predicted molar refractivity (Wildman–Crippen MR) is 102 cm³/mol. The quantitative estimate of drug-likeness (QED) is 0.412. The van der Waals surface area contributed by atoms with Gasteiger partial charge in [-0.25, -0.2) is 0 Å². The van der Waals surface area contributed by atoms with Crippen molar-refractivity contribution in [2.24, 2.45) is 5.92 Å². The molecule has 1 atom stereocenters. The summed E-state index contributed by atoms with van der Waals surface area (Å²) in [6.07, 6.45) is 2.82. The van der Waals surface area contributed by atoms with Gasteiger partial charge in [-0.15, -0.1) is 0 Å². The molecule has 0 saturated carbocycles. The number of carbonyl (C=O) groups excluding carboxylic acids is 2. The van der Waals surface area contributed by atoms with Crippen LogP contribution in [0.2, 0.25) is 0 Å². The maximum atomic E-state index is 12.6. The maximum absolute atomic E-state index is 12.6. The van der Waals surface area contributed by atoms with E-state index in [-0.39, 0.29) is 29.5 Å². The zero-order valence-corrected chi connectivity index (χ0v) is 16.1. The third-order valence-electron chi connectivity index (χ3n) is 4.87. The zero-order chi connectivity index (χ0) is 20.0. The first-order valence-electron chi connectivity index (χ1n) is 9.19. The molecule has 8 nitrogen and oxygen atoms in total. The Labute approximate surface area is 159 Å². The molecule has 1 aromatic rings. The monoisotopic (exact) mass is 377 g/mol. The van der Waals surface area contributed by atoms with Crippen LogP contribution >= 0.6 is 0 Å². The number of carbonyl (C=O) groups is 2. The number of ether oxygens (including phenoxy) is 1. The number of nitrogens with zero attached hydrogens (tertiary/aromatic N) is 3. The van der Waals surface area contributed by atoms with E-state index in [9.17, 15) is 19.7 Å². The lowest BCUT2D eigenvalue weighted by atomic mass is 9.99. The molecule has 8 heteroatoms. The van der Waals surface area contributed by atoms with E-state index in [4.69, 9.17) is 0 Å². The Bertz CT molecular complexity index is 707. The number of benzene rings is 1. The van der Waals surface area contributed by atoms with E-state index in [0.29, 0.717) is 24.6 Å². The molecule has 1 unspecified atom stereocenters. The summed E-state index contributed by atoms with van der Waals surface area (Å²) in [5.74, 6) is -0.145. The minimum Gasteiger partial charge on any atom is -0.469 e. The summed E-state index contributed by atoms with van der Waals surface area (Å²) < 4.78 is 4.58. The van der Waals surface area contributed by atoms with Crippen molar-refractivity contribution in [2.45, 2.75) is 32.6 Å². The van der Waals surface area contributed by atoms with Crippen LogP contribution in [0.1, 0.15) is 43.0 Å². The lowest BCUT2D eigenvalue weighted by Crippen LogP contribution is -2.34. The van der Waals surface area contributed by atoms with Gasteiger partial charge in [0, 0.05) is 44.7 Å². The topological polar surface area (TPSA) is 93.0 Å². The van der Waals surface area contributed by atoms with Gasteiger partial charge in [-0.3, -0.25) is 19.7 Å². The van der Waals surface area contributed by atoms with E-state index in [2.05, 4.69) is 11.7 Å². The van der Waals surface area contributed by atoms with Crippen LogP contribution < -0.4 is 4.90 Å². The molecule has 1 amide bonds. The van der Waals surface area contributed by atoms with Gasteiger partial charge in [0.25, 0.3) is 11.6 Å². The Morgan fingerprint density at radius 2 is 2.15 bits per heavy atom. The second-order valence-electron chi connectivity index (χ2n) is 7.06. The molecule has 148 valence electrons. The Balaban J connectivity index is 2.13. The Kier molecular flexibility index (Phi) is 7.15. The van der Waals surface area contributed by atoms with Crippen LogP contribution in [0.25, 0.3) is 0 Å². The minimum absolute atomic E-state index is 0.0436. The van der Waals surface area contributed by atoms with E-state index in [0.717, 1.165) is 25.9 Å². The zero-order valence-electron chi connectivity index (χ0n) is 16.1. The number of rotatable bonds is 7. The second kappa shape index (κ2) is 9.34. The van der Waals surface area contributed by atoms with Gasteiger partial charge < -0.3 is 14.5 Å². The summed E-state index contributed by atoms with van der Waals surface area (Å²) >= 11 is 0. The van der Waals surface area contributed by atoms with E-state index in [1.54, 1.807) is 19.2 Å². The highest BCUT2D eigenvalue weighted by atomic mass is 16.6. The molecule has 1 fully saturated rings. The van der Waals surface area contributed by atoms with Gasteiger partial charge in [-0.2, -0.15) is 0 Å². The molecular formula is C19H27N3O5. The average molecular weight is 377 g/mol. The molecule has 0 bridgehead atoms. The highest BCUT2D eigenvalue weighted by molar-refractivity contribution is 5.95. The minimum atomic E-state index is -0.428. The van der Waals surface area contributed by atoms with Crippen LogP contribution in [0.3, 0.4) is 0 Å². The second-order valence-corrected chi connectivity index (χ2v) is 7.06. The van der Waals surface area contributed by atoms with Crippen molar-refractivity contribution in [1.82, 2.24) is 4.90 Å². The van der Waals surface area contributed by atoms with Gasteiger partial charge in [-0.05, 0) is 37.3 Å². The van der Waals surface area contributed by atoms with E-state index < -0.39 is 4.92 Å². The molecule has 0 N–H and O–H groups in total. The van der Waals surface area contributed by atoms with Gasteiger partial charge in [0.05, 0.1) is 12.0 Å². The fourth-order valence-electron chi connectivity index (χ4n) is 3.36. The first-order chi connectivity index (χ1) is 12.8. The summed E-state index contributed by atoms with van der Waals surface area (Å²) in [5.41, 5.74) is 0.797. The Hall–Kier alpha value is -2.64. The smallest absolute Gasteiger partial charge is 0.305 e. The standard InChI is InChI=1S/C19H27N3O5/c1-14-6-4-11-21(13-14)16-9-8-15(12-17(16)22(25)26)19(24)20(2)10-5-7-18(23)27-3/h8-9,12,14H,4-7,10-11,13H2,1-3H3. The molecular weight excluding hydrogens is 350 g/mol. The van der Waals surface area contributed by atoms with Crippen molar-refractivity contribution in [3.05, 3.63) is 33.9 Å². The molecule has 1 heterocycles. The Morgan fingerprint density at radius 1 is 1.41 bits per heavy atom. The largest absolute Gasteiger partial charge is 0.469 e. The van der Waals surface area contributed by atoms with Crippen LogP contribution in [-0.2, 0) is 9.53 Å². The van der Waals surface area contributed by atoms with Crippen LogP contribution in [-0.4, -0.2) is 55.5 Å². The maximum Gasteiger partial charge on any atom is 0.305 e. The summed E-state index contributed by atoms with van der Waals surface area (Å²) in [7, 11) is 2.94. The number of piperidine rings is 1. The molecule has 1 aliphatic heterocycles. The molecule has 1 saturated heterocycles. The van der Waals surface area contributed by atoms with Crippen molar-refractivity contribution >= 4 is 23.3 Å². The van der Waals surface area contributed by atoms with E-state index in [1.165, 1.54) is 18.1 Å². The summed E-state index contributed by atoms with van der Waals surface area (Å²) in [6, 6.07) is 4.67. The van der Waals surface area contributed by atoms with Crippen molar-refractivity contribution in [1.29, 1.82) is 0 Å². The van der Waals surface area contributed by atoms with Crippen molar-refractivity contribution in [3.8, 4) is 0 Å². The van der Waals surface area contributed by atoms with Gasteiger partial charge in [-0.1, -0.05) is 6.92 Å². The first-order valence-corrected chi connectivity index (χ1v) is 9.19. The van der Waals surface area contributed by atoms with E-state index >= 15 is 0 Å². The third kappa shape index (κ3) is 5.42. The number of hydrogen-bond donors (Lipinski definition) is 0. The highest BCUT2D eigenvalue weighted by Gasteiger charge is 2.25. The fourth-order valence-corrected chi connectivity index (χ4v) is 3.36. The lowest BCUT2D eigenvalue weighted by Gasteiger charge is -2.32. The molecule has 0 radical (unpaired) electrons. The highest BCUT2D eigenvalue weighted by Crippen LogP contribution is 2.32. The summed E-state index contributed by atoms with van der Waals surface area (Å²) in [6.45, 7) is 4.07. The van der Waals surface area contributed by atoms with Crippen LogP contribution in [0.4, 0.5) is 11.4 Å². The molecule has 27 heavy (non-hydrogen) atoms. The molecule has 2 rings (SSSR count). The number of esters is 1. The van der Waals surface area contributed by atoms with Crippen molar-refractivity contribution < 1.29 is 19.2 Å². The van der Waals surface area contributed by atoms with E-state index in [1.807, 2.05) is 4.90 Å². The van der Waals surface area contributed by atoms with Crippen LogP contribution in [0.5, 0.6) is 0 Å². The van der Waals surface area contributed by atoms with Gasteiger partial charge in [0.1, 0.15) is 5.69 Å². The number of amides is 1. The SMILES string of the molecule is COC(=O)CCCN(C)C(=O)c1ccc(N2CCCC(C)C2)c([N+](=O)[O-])c1. The van der Waals surface area contributed by atoms with Crippen molar-refractivity contribution in [2.75, 3.05) is 38.7 Å². The molecule has 0 spiro atoms. The summed E-state index contributed by atoms with van der Waals surface area (Å²) in [4.78, 5) is 38.4. The van der Waals surface area contributed by atoms with Gasteiger partial charge >= 0.3 is 5.97 Å².